The van der Waals surface area contributed by atoms with Crippen molar-refractivity contribution in [3.8, 4) is 5.69 Å². The number of benzene rings is 2. The van der Waals surface area contributed by atoms with Crippen molar-refractivity contribution in [3.05, 3.63) is 76.5 Å². The van der Waals surface area contributed by atoms with Crippen molar-refractivity contribution in [2.75, 3.05) is 5.32 Å². The number of carbonyl (C=O) groups excluding carboxylic acids is 1. The maximum absolute atomic E-state index is 12.6. The average Bonchev–Trinajstić information content (AvgIpc) is 3.25. The van der Waals surface area contributed by atoms with Crippen LogP contribution in [0.5, 0.6) is 0 Å². The molecular weight excluding hydrogens is 364 g/mol. The molecule has 0 atom stereocenters. The highest BCUT2D eigenvalue weighted by Gasteiger charge is 2.20. The van der Waals surface area contributed by atoms with Crippen LogP contribution in [0.15, 0.2) is 63.8 Å². The molecule has 0 unspecified atom stereocenters. The smallest absolute Gasteiger partial charge is 0.419 e. The highest BCUT2D eigenvalue weighted by molar-refractivity contribution is 6.04. The molecule has 0 saturated carbocycles. The number of hydrogen-bond donors (Lipinski definition) is 2. The van der Waals surface area contributed by atoms with Gasteiger partial charge in [-0.25, -0.2) is 14.3 Å². The zero-order valence-corrected chi connectivity index (χ0v) is 14.6. The molecule has 2 aromatic heterocycles. The Hall–Kier alpha value is -4.14. The first-order valence-electron chi connectivity index (χ1n) is 8.24. The SMILES string of the molecule is Cn1c(=O)oc2cc(NC(=O)c3cc(C(=O)O)n(-c4ccccc4)n3)ccc21. The van der Waals surface area contributed by atoms with E-state index in [2.05, 4.69) is 10.4 Å². The fraction of sp³-hybridized carbons (Fsp3) is 0.0526. The van der Waals surface area contributed by atoms with Gasteiger partial charge in [0, 0.05) is 24.9 Å². The lowest BCUT2D eigenvalue weighted by Crippen LogP contribution is -2.13. The number of para-hydroxylation sites is 1. The Kier molecular flexibility index (Phi) is 4.04. The predicted molar refractivity (Wildman–Crippen MR) is 99.9 cm³/mol. The number of carboxylic acids is 1. The Morgan fingerprint density at radius 2 is 1.86 bits per heavy atom. The van der Waals surface area contributed by atoms with Crippen LogP contribution in [0.1, 0.15) is 21.0 Å². The molecule has 140 valence electrons. The average molecular weight is 378 g/mol. The van der Waals surface area contributed by atoms with Crippen LogP contribution in [0.25, 0.3) is 16.8 Å². The van der Waals surface area contributed by atoms with E-state index in [1.807, 2.05) is 0 Å². The quantitative estimate of drug-likeness (QED) is 0.562. The number of aryl methyl sites for hydroxylation is 1. The van der Waals surface area contributed by atoms with Crippen LogP contribution in [0, 0.1) is 0 Å². The Bertz CT molecular complexity index is 1270. The lowest BCUT2D eigenvalue weighted by atomic mass is 10.2. The number of fused-ring (bicyclic) bond motifs is 1. The van der Waals surface area contributed by atoms with Gasteiger partial charge in [-0.3, -0.25) is 9.36 Å². The number of carboxylic acid groups (broad SMARTS) is 1. The Balaban J connectivity index is 1.67. The molecule has 0 aliphatic rings. The summed E-state index contributed by atoms with van der Waals surface area (Å²) in [5.41, 5.74) is 1.62. The van der Waals surface area contributed by atoms with Crippen molar-refractivity contribution in [1.29, 1.82) is 0 Å². The van der Waals surface area contributed by atoms with E-state index in [1.54, 1.807) is 49.5 Å². The van der Waals surface area contributed by atoms with Crippen molar-refractivity contribution in [1.82, 2.24) is 14.3 Å². The van der Waals surface area contributed by atoms with Crippen LogP contribution >= 0.6 is 0 Å². The number of carbonyl (C=O) groups is 2. The van der Waals surface area contributed by atoms with Crippen LogP contribution in [0.2, 0.25) is 0 Å². The second-order valence-electron chi connectivity index (χ2n) is 6.03. The third-order valence-electron chi connectivity index (χ3n) is 4.21. The summed E-state index contributed by atoms with van der Waals surface area (Å²) in [6.45, 7) is 0. The molecule has 0 radical (unpaired) electrons. The van der Waals surface area contributed by atoms with Crippen LogP contribution in [0.4, 0.5) is 5.69 Å². The van der Waals surface area contributed by atoms with Gasteiger partial charge in [0.25, 0.3) is 5.91 Å². The molecule has 0 fully saturated rings. The predicted octanol–water partition coefficient (Wildman–Crippen LogP) is 2.27. The van der Waals surface area contributed by atoms with E-state index < -0.39 is 17.6 Å². The molecular formula is C19H14N4O5. The first-order valence-corrected chi connectivity index (χ1v) is 8.24. The minimum Gasteiger partial charge on any atom is -0.477 e. The summed E-state index contributed by atoms with van der Waals surface area (Å²) in [4.78, 5) is 35.7. The van der Waals surface area contributed by atoms with Crippen LogP contribution in [0.3, 0.4) is 0 Å². The van der Waals surface area contributed by atoms with Gasteiger partial charge in [-0.1, -0.05) is 18.2 Å². The van der Waals surface area contributed by atoms with Crippen LogP contribution in [-0.4, -0.2) is 31.3 Å². The minimum atomic E-state index is -1.21. The summed E-state index contributed by atoms with van der Waals surface area (Å²) < 4.78 is 7.64. The molecule has 0 bridgehead atoms. The van der Waals surface area contributed by atoms with Crippen molar-refractivity contribution in [3.63, 3.8) is 0 Å². The first kappa shape index (κ1) is 17.3. The summed E-state index contributed by atoms with van der Waals surface area (Å²) in [6.07, 6.45) is 0. The zero-order chi connectivity index (χ0) is 19.8. The first-order chi connectivity index (χ1) is 13.4. The molecule has 2 aromatic carbocycles. The van der Waals surface area contributed by atoms with Gasteiger partial charge in [0.1, 0.15) is 0 Å². The summed E-state index contributed by atoms with van der Waals surface area (Å²) in [6, 6.07) is 14.6. The molecule has 28 heavy (non-hydrogen) atoms. The Morgan fingerprint density at radius 3 is 2.57 bits per heavy atom. The number of oxazole rings is 1. The molecule has 0 spiro atoms. The van der Waals surface area contributed by atoms with E-state index in [9.17, 15) is 19.5 Å². The number of nitrogens with one attached hydrogen (secondary N) is 1. The molecule has 2 heterocycles. The molecule has 1 amide bonds. The molecule has 2 N–H and O–H groups in total. The minimum absolute atomic E-state index is 0.0594. The van der Waals surface area contributed by atoms with Gasteiger partial charge in [0.15, 0.2) is 17.0 Å². The van der Waals surface area contributed by atoms with Crippen LogP contribution in [-0.2, 0) is 7.05 Å². The molecule has 4 rings (SSSR count). The number of anilines is 1. The fourth-order valence-electron chi connectivity index (χ4n) is 2.82. The van der Waals surface area contributed by atoms with Gasteiger partial charge in [-0.05, 0) is 24.3 Å². The number of aromatic carboxylic acids is 1. The third-order valence-corrected chi connectivity index (χ3v) is 4.21. The summed E-state index contributed by atoms with van der Waals surface area (Å²) in [5.74, 6) is -2.30. The van der Waals surface area contributed by atoms with E-state index in [4.69, 9.17) is 4.42 Å². The maximum atomic E-state index is 12.6. The summed E-state index contributed by atoms with van der Waals surface area (Å²) in [7, 11) is 1.58. The highest BCUT2D eigenvalue weighted by Crippen LogP contribution is 2.19. The number of nitrogens with zero attached hydrogens (tertiary/aromatic N) is 3. The molecule has 4 aromatic rings. The van der Waals surface area contributed by atoms with Crippen molar-refractivity contribution < 1.29 is 19.1 Å². The van der Waals surface area contributed by atoms with Crippen molar-refractivity contribution in [2.45, 2.75) is 0 Å². The normalized spacial score (nSPS) is 10.9. The van der Waals surface area contributed by atoms with Gasteiger partial charge >= 0.3 is 11.7 Å². The van der Waals surface area contributed by atoms with Crippen molar-refractivity contribution >= 4 is 28.7 Å². The largest absolute Gasteiger partial charge is 0.477 e. The van der Waals surface area contributed by atoms with Gasteiger partial charge in [0.05, 0.1) is 11.2 Å². The fourth-order valence-corrected chi connectivity index (χ4v) is 2.82. The second kappa shape index (κ2) is 6.54. The van der Waals surface area contributed by atoms with E-state index in [0.717, 1.165) is 0 Å². The van der Waals surface area contributed by atoms with E-state index in [0.29, 0.717) is 22.5 Å². The lowest BCUT2D eigenvalue weighted by molar-refractivity contribution is 0.0687. The monoisotopic (exact) mass is 378 g/mol. The number of rotatable bonds is 4. The molecule has 0 aliphatic heterocycles. The standard InChI is InChI=1S/C19H14N4O5/c1-22-14-8-7-11(9-16(14)28-19(22)27)20-17(24)13-10-15(18(25)26)23(21-13)12-5-3-2-4-6-12/h2-10H,1H3,(H,20,24)(H,25,26). The number of amides is 1. The van der Waals surface area contributed by atoms with Gasteiger partial charge in [-0.15, -0.1) is 0 Å². The third kappa shape index (κ3) is 2.94. The maximum Gasteiger partial charge on any atom is 0.419 e. The van der Waals surface area contributed by atoms with E-state index in [1.165, 1.54) is 21.4 Å². The molecule has 0 saturated heterocycles. The highest BCUT2D eigenvalue weighted by atomic mass is 16.4. The van der Waals surface area contributed by atoms with Gasteiger partial charge < -0.3 is 14.8 Å². The summed E-state index contributed by atoms with van der Waals surface area (Å²) in [5, 5.41) is 16.2. The topological polar surface area (TPSA) is 119 Å². The van der Waals surface area contributed by atoms with Gasteiger partial charge in [-0.2, -0.15) is 5.10 Å². The lowest BCUT2D eigenvalue weighted by Gasteiger charge is -2.04. The number of aromatic nitrogens is 3. The summed E-state index contributed by atoms with van der Waals surface area (Å²) >= 11 is 0. The van der Waals surface area contributed by atoms with Crippen LogP contribution < -0.4 is 11.1 Å². The zero-order valence-electron chi connectivity index (χ0n) is 14.6. The Morgan fingerprint density at radius 1 is 1.11 bits per heavy atom. The van der Waals surface area contributed by atoms with E-state index in [-0.39, 0.29) is 11.4 Å². The van der Waals surface area contributed by atoms with E-state index >= 15 is 0 Å². The molecule has 0 aliphatic carbocycles. The van der Waals surface area contributed by atoms with Gasteiger partial charge in [0.2, 0.25) is 0 Å². The second-order valence-corrected chi connectivity index (χ2v) is 6.03. The van der Waals surface area contributed by atoms with Crippen molar-refractivity contribution in [2.24, 2.45) is 7.05 Å². The molecule has 9 nitrogen and oxygen atoms in total. The Labute approximate surface area is 157 Å². The molecule has 9 heteroatoms. The number of hydrogen-bond acceptors (Lipinski definition) is 5.